The standard InChI is InChI=1S/C14H21FN4O3/c1-14(2,3)22-13(21)19-5-4-18(8-10(15)9-19)12-16-6-11(20)7-17-12/h6-7,10,20H,4-5,8-9H2,1-3H3. The summed E-state index contributed by atoms with van der Waals surface area (Å²) in [6, 6.07) is 0. The molecule has 122 valence electrons. The molecule has 1 aliphatic rings. The predicted molar refractivity (Wildman–Crippen MR) is 78.6 cm³/mol. The van der Waals surface area contributed by atoms with Crippen LogP contribution in [0.2, 0.25) is 0 Å². The van der Waals surface area contributed by atoms with Crippen molar-refractivity contribution >= 4 is 12.0 Å². The Labute approximate surface area is 128 Å². The Hall–Kier alpha value is -2.12. The van der Waals surface area contributed by atoms with Crippen LogP contribution in [0.5, 0.6) is 5.75 Å². The molecule has 1 aromatic heterocycles. The summed E-state index contributed by atoms with van der Waals surface area (Å²) < 4.78 is 19.4. The van der Waals surface area contributed by atoms with Crippen LogP contribution in [0.1, 0.15) is 20.8 Å². The lowest BCUT2D eigenvalue weighted by molar-refractivity contribution is 0.0229. The third kappa shape index (κ3) is 4.44. The Kier molecular flexibility index (Phi) is 4.68. The van der Waals surface area contributed by atoms with Crippen LogP contribution in [0.4, 0.5) is 15.1 Å². The molecule has 1 aromatic rings. The molecule has 22 heavy (non-hydrogen) atoms. The number of carbonyl (C=O) groups is 1. The lowest BCUT2D eigenvalue weighted by Crippen LogP contribution is -2.40. The van der Waals surface area contributed by atoms with E-state index >= 15 is 0 Å². The van der Waals surface area contributed by atoms with Gasteiger partial charge in [0, 0.05) is 13.1 Å². The molecule has 1 N–H and O–H groups in total. The highest BCUT2D eigenvalue weighted by Crippen LogP contribution is 2.17. The van der Waals surface area contributed by atoms with Crippen LogP contribution in [-0.4, -0.2) is 64.0 Å². The van der Waals surface area contributed by atoms with Crippen molar-refractivity contribution in [3.8, 4) is 5.75 Å². The Morgan fingerprint density at radius 2 is 1.95 bits per heavy atom. The first kappa shape index (κ1) is 16.3. The van der Waals surface area contributed by atoms with E-state index in [1.54, 1.807) is 25.7 Å². The van der Waals surface area contributed by atoms with Gasteiger partial charge >= 0.3 is 6.09 Å². The lowest BCUT2D eigenvalue weighted by atomic mass is 10.2. The summed E-state index contributed by atoms with van der Waals surface area (Å²) in [5.74, 6) is 0.275. The number of halogens is 1. The van der Waals surface area contributed by atoms with Gasteiger partial charge in [-0.3, -0.25) is 0 Å². The molecule has 1 saturated heterocycles. The van der Waals surface area contributed by atoms with Gasteiger partial charge in [0.2, 0.25) is 5.95 Å². The molecule has 1 amide bonds. The molecule has 0 aliphatic carbocycles. The summed E-state index contributed by atoms with van der Waals surface area (Å²) >= 11 is 0. The molecule has 1 atom stereocenters. The topological polar surface area (TPSA) is 78.8 Å². The smallest absolute Gasteiger partial charge is 0.410 e. The molecule has 1 unspecified atom stereocenters. The van der Waals surface area contributed by atoms with Crippen molar-refractivity contribution in [2.75, 3.05) is 31.1 Å². The zero-order valence-electron chi connectivity index (χ0n) is 13.0. The fourth-order valence-corrected chi connectivity index (χ4v) is 2.11. The van der Waals surface area contributed by atoms with Gasteiger partial charge < -0.3 is 19.6 Å². The summed E-state index contributed by atoms with van der Waals surface area (Å²) in [5.41, 5.74) is -0.616. The third-order valence-electron chi connectivity index (χ3n) is 3.04. The highest BCUT2D eigenvalue weighted by atomic mass is 19.1. The van der Waals surface area contributed by atoms with Crippen molar-refractivity contribution in [3.63, 3.8) is 0 Å². The average Bonchev–Trinajstić information content (AvgIpc) is 2.59. The van der Waals surface area contributed by atoms with Crippen molar-refractivity contribution < 1.29 is 19.0 Å². The van der Waals surface area contributed by atoms with Crippen LogP contribution < -0.4 is 4.90 Å². The molecular weight excluding hydrogens is 291 g/mol. The first-order valence-electron chi connectivity index (χ1n) is 7.12. The average molecular weight is 312 g/mol. The van der Waals surface area contributed by atoms with Crippen LogP contribution in [0.3, 0.4) is 0 Å². The maximum Gasteiger partial charge on any atom is 0.410 e. The second kappa shape index (κ2) is 6.33. The first-order valence-corrected chi connectivity index (χ1v) is 7.12. The van der Waals surface area contributed by atoms with Gasteiger partial charge in [0.05, 0.1) is 25.5 Å². The highest BCUT2D eigenvalue weighted by molar-refractivity contribution is 5.68. The molecule has 1 fully saturated rings. The second-order valence-corrected chi connectivity index (χ2v) is 6.21. The van der Waals surface area contributed by atoms with E-state index in [9.17, 15) is 14.3 Å². The van der Waals surface area contributed by atoms with E-state index in [0.29, 0.717) is 19.0 Å². The number of rotatable bonds is 1. The lowest BCUT2D eigenvalue weighted by Gasteiger charge is -2.26. The highest BCUT2D eigenvalue weighted by Gasteiger charge is 2.29. The predicted octanol–water partition coefficient (Wildman–Crippen LogP) is 1.58. The summed E-state index contributed by atoms with van der Waals surface area (Å²) in [4.78, 5) is 23.0. The van der Waals surface area contributed by atoms with Crippen LogP contribution in [0, 0.1) is 0 Å². The van der Waals surface area contributed by atoms with Crippen molar-refractivity contribution in [1.82, 2.24) is 14.9 Å². The molecule has 2 rings (SSSR count). The van der Waals surface area contributed by atoms with Gasteiger partial charge in [-0.25, -0.2) is 19.2 Å². The van der Waals surface area contributed by atoms with E-state index in [1.165, 1.54) is 17.3 Å². The summed E-state index contributed by atoms with van der Waals surface area (Å²) in [6.07, 6.45) is 0.758. The Morgan fingerprint density at radius 3 is 2.55 bits per heavy atom. The van der Waals surface area contributed by atoms with E-state index in [2.05, 4.69) is 9.97 Å². The molecule has 0 aromatic carbocycles. The largest absolute Gasteiger partial charge is 0.505 e. The van der Waals surface area contributed by atoms with Crippen LogP contribution in [0.15, 0.2) is 12.4 Å². The van der Waals surface area contributed by atoms with E-state index in [-0.39, 0.29) is 18.8 Å². The minimum absolute atomic E-state index is 0.0243. The number of hydrogen-bond donors (Lipinski definition) is 1. The molecule has 2 heterocycles. The monoisotopic (exact) mass is 312 g/mol. The maximum absolute atomic E-state index is 14.1. The van der Waals surface area contributed by atoms with Gasteiger partial charge in [-0.2, -0.15) is 0 Å². The molecule has 1 aliphatic heterocycles. The number of carbonyl (C=O) groups excluding carboxylic acids is 1. The number of ether oxygens (including phenoxy) is 1. The molecule has 0 spiro atoms. The molecule has 0 radical (unpaired) electrons. The fourth-order valence-electron chi connectivity index (χ4n) is 2.11. The van der Waals surface area contributed by atoms with E-state index < -0.39 is 17.9 Å². The molecule has 7 nitrogen and oxygen atoms in total. The zero-order chi connectivity index (χ0) is 16.3. The van der Waals surface area contributed by atoms with Gasteiger partial charge in [-0.15, -0.1) is 0 Å². The minimum atomic E-state index is -1.23. The number of aromatic nitrogens is 2. The first-order chi connectivity index (χ1) is 10.2. The Balaban J connectivity index is 2.04. The van der Waals surface area contributed by atoms with Gasteiger partial charge in [0.15, 0.2) is 5.75 Å². The van der Waals surface area contributed by atoms with Crippen LogP contribution in [-0.2, 0) is 4.74 Å². The van der Waals surface area contributed by atoms with Crippen LogP contribution in [0.25, 0.3) is 0 Å². The van der Waals surface area contributed by atoms with Crippen molar-refractivity contribution in [1.29, 1.82) is 0 Å². The fraction of sp³-hybridized carbons (Fsp3) is 0.643. The number of hydrogen-bond acceptors (Lipinski definition) is 6. The number of anilines is 1. The summed E-state index contributed by atoms with van der Waals surface area (Å²) in [6.45, 7) is 6.09. The summed E-state index contributed by atoms with van der Waals surface area (Å²) in [7, 11) is 0. The summed E-state index contributed by atoms with van der Waals surface area (Å²) in [5, 5.41) is 9.20. The number of amides is 1. The zero-order valence-corrected chi connectivity index (χ0v) is 13.0. The van der Waals surface area contributed by atoms with Crippen LogP contribution >= 0.6 is 0 Å². The van der Waals surface area contributed by atoms with Gasteiger partial charge in [-0.05, 0) is 20.8 Å². The Morgan fingerprint density at radius 1 is 1.32 bits per heavy atom. The van der Waals surface area contributed by atoms with Crippen molar-refractivity contribution in [3.05, 3.63) is 12.4 Å². The minimum Gasteiger partial charge on any atom is -0.505 e. The van der Waals surface area contributed by atoms with Gasteiger partial charge in [0.1, 0.15) is 11.8 Å². The number of alkyl halides is 1. The molecule has 0 bridgehead atoms. The Bertz CT molecular complexity index is 518. The molecule has 8 heteroatoms. The SMILES string of the molecule is CC(C)(C)OC(=O)N1CCN(c2ncc(O)cn2)CC(F)C1. The number of nitrogens with zero attached hydrogens (tertiary/aromatic N) is 4. The quantitative estimate of drug-likeness (QED) is 0.848. The van der Waals surface area contributed by atoms with E-state index in [4.69, 9.17) is 4.74 Å². The van der Waals surface area contributed by atoms with Gasteiger partial charge in [0.25, 0.3) is 0 Å². The van der Waals surface area contributed by atoms with Gasteiger partial charge in [-0.1, -0.05) is 0 Å². The van der Waals surface area contributed by atoms with Crippen molar-refractivity contribution in [2.45, 2.75) is 32.5 Å². The molecular formula is C14H21FN4O3. The molecule has 0 saturated carbocycles. The van der Waals surface area contributed by atoms with E-state index in [1.807, 2.05) is 0 Å². The normalized spacial score (nSPS) is 19.7. The maximum atomic E-state index is 14.1. The van der Waals surface area contributed by atoms with E-state index in [0.717, 1.165) is 0 Å². The third-order valence-corrected chi connectivity index (χ3v) is 3.04. The van der Waals surface area contributed by atoms with Crippen molar-refractivity contribution in [2.24, 2.45) is 0 Å². The number of aromatic hydroxyl groups is 1. The second-order valence-electron chi connectivity index (χ2n) is 6.21.